The summed E-state index contributed by atoms with van der Waals surface area (Å²) in [4.78, 5) is 0. The zero-order valence-electron chi connectivity index (χ0n) is 13.0. The maximum Gasteiger partial charge on any atom is 0.101 e. The number of ether oxygens (including phenoxy) is 1. The lowest BCUT2D eigenvalue weighted by Crippen LogP contribution is -2.38. The van der Waals surface area contributed by atoms with Gasteiger partial charge in [0.1, 0.15) is 5.76 Å². The van der Waals surface area contributed by atoms with E-state index < -0.39 is 0 Å². The maximum absolute atomic E-state index is 6.23. The van der Waals surface area contributed by atoms with Crippen LogP contribution in [0, 0.1) is 12.8 Å². The Morgan fingerprint density at radius 2 is 2.05 bits per heavy atom. The molecule has 0 bridgehead atoms. The summed E-state index contributed by atoms with van der Waals surface area (Å²) in [7, 11) is 0. The van der Waals surface area contributed by atoms with E-state index in [1.54, 1.807) is 0 Å². The van der Waals surface area contributed by atoms with Gasteiger partial charge in [-0.3, -0.25) is 0 Å². The van der Waals surface area contributed by atoms with Crippen LogP contribution in [0.15, 0.2) is 16.7 Å². The lowest BCUT2D eigenvalue weighted by atomic mass is 9.79. The zero-order valence-corrected chi connectivity index (χ0v) is 13.0. The summed E-state index contributed by atoms with van der Waals surface area (Å²) in [6.07, 6.45) is 2.94. The number of rotatable bonds is 4. The molecule has 0 radical (unpaired) electrons. The van der Waals surface area contributed by atoms with Crippen molar-refractivity contribution in [1.29, 1.82) is 0 Å². The van der Waals surface area contributed by atoms with Crippen LogP contribution in [0.5, 0.6) is 0 Å². The topological polar surface area (TPSA) is 34.4 Å². The number of nitrogens with one attached hydrogen (secondary N) is 1. The largest absolute Gasteiger partial charge is 0.469 e. The predicted octanol–water partition coefficient (Wildman–Crippen LogP) is 3.83. The molecular weight excluding hydrogens is 238 g/mol. The third-order valence-electron chi connectivity index (χ3n) is 4.08. The summed E-state index contributed by atoms with van der Waals surface area (Å²) < 4.78 is 11.7. The van der Waals surface area contributed by atoms with Crippen molar-refractivity contribution in [2.45, 2.75) is 65.2 Å². The first-order valence-corrected chi connectivity index (χ1v) is 7.24. The van der Waals surface area contributed by atoms with Crippen LogP contribution in [0.4, 0.5) is 0 Å². The molecule has 2 heterocycles. The van der Waals surface area contributed by atoms with Gasteiger partial charge < -0.3 is 14.5 Å². The molecule has 2 unspecified atom stereocenters. The van der Waals surface area contributed by atoms with Crippen LogP contribution >= 0.6 is 0 Å². The van der Waals surface area contributed by atoms with Gasteiger partial charge in [-0.15, -0.1) is 0 Å². The Kier molecular flexibility index (Phi) is 3.80. The van der Waals surface area contributed by atoms with Gasteiger partial charge in [0.25, 0.3) is 0 Å². The fraction of sp³-hybridized carbons (Fsp3) is 0.750. The monoisotopic (exact) mass is 265 g/mol. The van der Waals surface area contributed by atoms with Crippen molar-refractivity contribution in [3.05, 3.63) is 23.7 Å². The van der Waals surface area contributed by atoms with Crippen molar-refractivity contribution in [1.82, 2.24) is 5.32 Å². The highest BCUT2D eigenvalue weighted by atomic mass is 16.5. The molecule has 0 aromatic carbocycles. The van der Waals surface area contributed by atoms with Crippen LogP contribution in [0.1, 0.15) is 58.4 Å². The minimum atomic E-state index is -0.124. The molecule has 3 nitrogen and oxygen atoms in total. The van der Waals surface area contributed by atoms with Crippen molar-refractivity contribution in [3.63, 3.8) is 0 Å². The van der Waals surface area contributed by atoms with Crippen LogP contribution < -0.4 is 5.32 Å². The van der Waals surface area contributed by atoms with E-state index in [4.69, 9.17) is 9.15 Å². The van der Waals surface area contributed by atoms with E-state index in [1.165, 1.54) is 5.56 Å². The number of furan rings is 1. The minimum absolute atomic E-state index is 0.0549. The van der Waals surface area contributed by atoms with Gasteiger partial charge in [-0.25, -0.2) is 0 Å². The van der Waals surface area contributed by atoms with E-state index in [2.05, 4.69) is 46.0 Å². The highest BCUT2D eigenvalue weighted by Gasteiger charge is 2.49. The molecule has 3 heteroatoms. The minimum Gasteiger partial charge on any atom is -0.469 e. The van der Waals surface area contributed by atoms with E-state index in [1.807, 2.05) is 13.2 Å². The average molecular weight is 265 g/mol. The van der Waals surface area contributed by atoms with Gasteiger partial charge in [-0.1, -0.05) is 6.92 Å². The number of hydrogen-bond acceptors (Lipinski definition) is 3. The molecule has 0 aliphatic carbocycles. The van der Waals surface area contributed by atoms with Crippen molar-refractivity contribution in [2.75, 3.05) is 6.54 Å². The van der Waals surface area contributed by atoms with Crippen LogP contribution in [-0.2, 0) is 4.74 Å². The molecule has 1 aliphatic heterocycles. The van der Waals surface area contributed by atoms with Crippen LogP contribution in [0.2, 0.25) is 0 Å². The smallest absolute Gasteiger partial charge is 0.101 e. The van der Waals surface area contributed by atoms with Gasteiger partial charge in [0, 0.05) is 17.5 Å². The summed E-state index contributed by atoms with van der Waals surface area (Å²) >= 11 is 0. The third kappa shape index (κ3) is 3.03. The second-order valence-corrected chi connectivity index (χ2v) is 6.80. The fourth-order valence-electron chi connectivity index (χ4n) is 3.46. The summed E-state index contributed by atoms with van der Waals surface area (Å²) in [6, 6.07) is 2.42. The zero-order chi connectivity index (χ0) is 14.3. The average Bonchev–Trinajstić information content (AvgIpc) is 2.76. The van der Waals surface area contributed by atoms with Gasteiger partial charge in [0.15, 0.2) is 0 Å². The Morgan fingerprint density at radius 1 is 1.37 bits per heavy atom. The molecule has 1 N–H and O–H groups in total. The van der Waals surface area contributed by atoms with E-state index in [0.717, 1.165) is 18.7 Å². The standard InChI is InChI=1S/C16H27NO2/c1-7-17-14(12-8-11(2)18-10-12)13-9-15(3,4)19-16(13,5)6/h8,10,13-14,17H,7,9H2,1-6H3. The molecule has 1 aromatic heterocycles. The van der Waals surface area contributed by atoms with Crippen molar-refractivity contribution in [3.8, 4) is 0 Å². The van der Waals surface area contributed by atoms with Gasteiger partial charge in [-0.2, -0.15) is 0 Å². The molecule has 0 amide bonds. The van der Waals surface area contributed by atoms with E-state index in [0.29, 0.717) is 12.0 Å². The Hall–Kier alpha value is -0.800. The van der Waals surface area contributed by atoms with E-state index in [-0.39, 0.29) is 11.2 Å². The maximum atomic E-state index is 6.23. The number of aryl methyl sites for hydroxylation is 1. The fourth-order valence-corrected chi connectivity index (χ4v) is 3.46. The second-order valence-electron chi connectivity index (χ2n) is 6.80. The quantitative estimate of drug-likeness (QED) is 0.898. The lowest BCUT2D eigenvalue weighted by molar-refractivity contribution is -0.0778. The molecule has 2 atom stereocenters. The van der Waals surface area contributed by atoms with Crippen molar-refractivity contribution >= 4 is 0 Å². The Morgan fingerprint density at radius 3 is 2.47 bits per heavy atom. The Balaban J connectivity index is 2.29. The van der Waals surface area contributed by atoms with Crippen LogP contribution in [0.3, 0.4) is 0 Å². The van der Waals surface area contributed by atoms with Gasteiger partial charge in [0.2, 0.25) is 0 Å². The van der Waals surface area contributed by atoms with Gasteiger partial charge >= 0.3 is 0 Å². The molecule has 0 spiro atoms. The molecule has 19 heavy (non-hydrogen) atoms. The summed E-state index contributed by atoms with van der Waals surface area (Å²) in [5, 5.41) is 3.61. The summed E-state index contributed by atoms with van der Waals surface area (Å²) in [5.74, 6) is 1.41. The van der Waals surface area contributed by atoms with Crippen LogP contribution in [-0.4, -0.2) is 17.7 Å². The highest BCUT2D eigenvalue weighted by Crippen LogP contribution is 2.47. The second kappa shape index (κ2) is 4.95. The molecule has 1 fully saturated rings. The van der Waals surface area contributed by atoms with Gasteiger partial charge in [0.05, 0.1) is 17.5 Å². The predicted molar refractivity (Wildman–Crippen MR) is 77.2 cm³/mol. The van der Waals surface area contributed by atoms with E-state index in [9.17, 15) is 0 Å². The molecular formula is C16H27NO2. The third-order valence-corrected chi connectivity index (χ3v) is 4.08. The highest BCUT2D eigenvalue weighted by molar-refractivity contribution is 5.20. The summed E-state index contributed by atoms with van der Waals surface area (Å²) in [5.41, 5.74) is 1.06. The lowest BCUT2D eigenvalue weighted by Gasteiger charge is -2.33. The van der Waals surface area contributed by atoms with Gasteiger partial charge in [-0.05, 0) is 53.7 Å². The molecule has 0 saturated carbocycles. The first-order valence-electron chi connectivity index (χ1n) is 7.24. The summed E-state index contributed by atoms with van der Waals surface area (Å²) in [6.45, 7) is 13.8. The molecule has 1 aliphatic rings. The van der Waals surface area contributed by atoms with E-state index >= 15 is 0 Å². The Bertz CT molecular complexity index is 434. The normalized spacial score (nSPS) is 26.5. The molecule has 1 aromatic rings. The van der Waals surface area contributed by atoms with Crippen molar-refractivity contribution in [2.24, 2.45) is 5.92 Å². The molecule has 2 rings (SSSR count). The SMILES string of the molecule is CCNC(c1coc(C)c1)C1CC(C)(C)OC1(C)C. The first kappa shape index (κ1) is 14.6. The Labute approximate surface area is 116 Å². The van der Waals surface area contributed by atoms with Crippen LogP contribution in [0.25, 0.3) is 0 Å². The molecule has 108 valence electrons. The molecule has 1 saturated heterocycles. The number of hydrogen-bond donors (Lipinski definition) is 1. The van der Waals surface area contributed by atoms with Crippen molar-refractivity contribution < 1.29 is 9.15 Å². The first-order chi connectivity index (χ1) is 8.75.